The van der Waals surface area contributed by atoms with Crippen molar-refractivity contribution in [1.29, 1.82) is 0 Å². The molecule has 31 heavy (non-hydrogen) atoms. The van der Waals surface area contributed by atoms with Gasteiger partial charge < -0.3 is 15.7 Å². The molecule has 1 aromatic rings. The fraction of sp³-hybridized carbons (Fsp3) is 0.720. The van der Waals surface area contributed by atoms with Crippen LogP contribution in [-0.4, -0.2) is 34.1 Å². The van der Waals surface area contributed by atoms with Gasteiger partial charge in [-0.15, -0.1) is 0 Å². The lowest BCUT2D eigenvalue weighted by atomic mass is 9.51. The SMILES string of the molecule is C[C@H]1[C@@H]2[C@@H](O)C([C@H](C)C(=O)NCc3cccnc3)CC[C@@]2(C)CC[C@@H]1NC(=O)C1CC1. The first-order valence-corrected chi connectivity index (χ1v) is 12.0. The van der Waals surface area contributed by atoms with Crippen LogP contribution in [0.1, 0.15) is 64.9 Å². The first kappa shape index (κ1) is 22.3. The number of carbonyl (C=O) groups is 2. The summed E-state index contributed by atoms with van der Waals surface area (Å²) in [6.07, 6.45) is 8.83. The van der Waals surface area contributed by atoms with E-state index in [9.17, 15) is 14.7 Å². The lowest BCUT2D eigenvalue weighted by Gasteiger charge is -2.56. The highest BCUT2D eigenvalue weighted by molar-refractivity contribution is 5.81. The van der Waals surface area contributed by atoms with Crippen molar-refractivity contribution < 1.29 is 14.7 Å². The molecule has 1 heterocycles. The number of amides is 2. The van der Waals surface area contributed by atoms with Crippen LogP contribution in [0.4, 0.5) is 0 Å². The third-order valence-corrected chi connectivity index (χ3v) is 8.41. The summed E-state index contributed by atoms with van der Waals surface area (Å²) in [4.78, 5) is 29.3. The zero-order valence-corrected chi connectivity index (χ0v) is 19.0. The summed E-state index contributed by atoms with van der Waals surface area (Å²) in [5, 5.41) is 17.8. The number of aliphatic hydroxyl groups is 1. The lowest BCUT2D eigenvalue weighted by Crippen LogP contribution is -2.58. The molecule has 1 unspecified atom stereocenters. The fourth-order valence-electron chi connectivity index (χ4n) is 6.19. The number of fused-ring (bicyclic) bond motifs is 1. The van der Waals surface area contributed by atoms with Gasteiger partial charge in [0.1, 0.15) is 0 Å². The fourth-order valence-corrected chi connectivity index (χ4v) is 6.19. The molecule has 3 aliphatic carbocycles. The molecule has 6 heteroatoms. The standard InChI is InChI=1S/C25H37N3O3/c1-15(23(30)27-14-17-5-4-12-26-13-17)19-8-10-25(3)11-9-20(16(2)21(25)22(19)29)28-24(31)18-6-7-18/h4-5,12-13,15-16,18-22,29H,6-11,14H2,1-3H3,(H,27,30)(H,28,31)/t15-,16+,19?,20-,21+,22-,25-/m0/s1. The number of carbonyl (C=O) groups excluding carboxylic acids is 2. The Labute approximate surface area is 185 Å². The monoisotopic (exact) mass is 427 g/mol. The van der Waals surface area contributed by atoms with Gasteiger partial charge in [0.15, 0.2) is 0 Å². The van der Waals surface area contributed by atoms with Crippen LogP contribution in [0.2, 0.25) is 0 Å². The van der Waals surface area contributed by atoms with Gasteiger partial charge in [-0.2, -0.15) is 0 Å². The van der Waals surface area contributed by atoms with Gasteiger partial charge in [-0.1, -0.05) is 26.8 Å². The van der Waals surface area contributed by atoms with Crippen LogP contribution in [0.3, 0.4) is 0 Å². The van der Waals surface area contributed by atoms with Crippen molar-refractivity contribution in [3.63, 3.8) is 0 Å². The second-order valence-corrected chi connectivity index (χ2v) is 10.5. The van der Waals surface area contributed by atoms with Crippen LogP contribution in [0.5, 0.6) is 0 Å². The zero-order chi connectivity index (χ0) is 22.2. The van der Waals surface area contributed by atoms with Gasteiger partial charge in [-0.25, -0.2) is 0 Å². The van der Waals surface area contributed by atoms with Gasteiger partial charge in [-0.3, -0.25) is 14.6 Å². The number of nitrogens with one attached hydrogen (secondary N) is 2. The number of pyridine rings is 1. The molecule has 0 spiro atoms. The van der Waals surface area contributed by atoms with E-state index < -0.39 is 6.10 Å². The number of aliphatic hydroxyl groups excluding tert-OH is 1. The number of hydrogen-bond acceptors (Lipinski definition) is 4. The van der Waals surface area contributed by atoms with Gasteiger partial charge in [-0.05, 0) is 73.3 Å². The molecule has 4 rings (SSSR count). The Balaban J connectivity index is 1.41. The summed E-state index contributed by atoms with van der Waals surface area (Å²) in [5.41, 5.74) is 1.04. The van der Waals surface area contributed by atoms with E-state index in [-0.39, 0.29) is 52.9 Å². The summed E-state index contributed by atoms with van der Waals surface area (Å²) in [5.74, 6) is 0.345. The molecule has 0 radical (unpaired) electrons. The van der Waals surface area contributed by atoms with Crippen LogP contribution in [-0.2, 0) is 16.1 Å². The van der Waals surface area contributed by atoms with Crippen LogP contribution in [0.25, 0.3) is 0 Å². The van der Waals surface area contributed by atoms with E-state index in [2.05, 4.69) is 29.5 Å². The van der Waals surface area contributed by atoms with Crippen molar-refractivity contribution in [2.45, 2.75) is 78.0 Å². The summed E-state index contributed by atoms with van der Waals surface area (Å²) in [7, 11) is 0. The van der Waals surface area contributed by atoms with E-state index in [0.29, 0.717) is 6.54 Å². The molecule has 2 amide bonds. The van der Waals surface area contributed by atoms with Crippen molar-refractivity contribution in [2.24, 2.45) is 35.0 Å². The van der Waals surface area contributed by atoms with Crippen LogP contribution in [0.15, 0.2) is 24.5 Å². The number of nitrogens with zero attached hydrogens (tertiary/aromatic N) is 1. The molecular formula is C25H37N3O3. The second-order valence-electron chi connectivity index (χ2n) is 10.5. The highest BCUT2D eigenvalue weighted by Crippen LogP contribution is 2.55. The number of aromatic nitrogens is 1. The Kier molecular flexibility index (Phi) is 6.38. The largest absolute Gasteiger partial charge is 0.392 e. The van der Waals surface area contributed by atoms with E-state index in [1.807, 2.05) is 19.1 Å². The van der Waals surface area contributed by atoms with Crippen LogP contribution < -0.4 is 10.6 Å². The maximum atomic E-state index is 12.9. The van der Waals surface area contributed by atoms with E-state index in [1.54, 1.807) is 12.4 Å². The molecule has 1 aromatic heterocycles. The molecule has 0 aromatic carbocycles. The summed E-state index contributed by atoms with van der Waals surface area (Å²) >= 11 is 0. The number of rotatable bonds is 6. The third-order valence-electron chi connectivity index (χ3n) is 8.41. The Morgan fingerprint density at radius 2 is 2.00 bits per heavy atom. The first-order valence-electron chi connectivity index (χ1n) is 12.0. The average Bonchev–Trinajstić information content (AvgIpc) is 3.60. The average molecular weight is 428 g/mol. The topological polar surface area (TPSA) is 91.3 Å². The van der Waals surface area contributed by atoms with Crippen molar-refractivity contribution in [2.75, 3.05) is 0 Å². The zero-order valence-electron chi connectivity index (χ0n) is 19.0. The summed E-state index contributed by atoms with van der Waals surface area (Å²) < 4.78 is 0. The molecule has 6 nitrogen and oxygen atoms in total. The Hall–Kier alpha value is -1.95. The molecule has 0 aliphatic heterocycles. The highest BCUT2D eigenvalue weighted by atomic mass is 16.3. The quantitative estimate of drug-likeness (QED) is 0.651. The highest BCUT2D eigenvalue weighted by Gasteiger charge is 2.54. The Morgan fingerprint density at radius 3 is 2.68 bits per heavy atom. The molecule has 3 aliphatic rings. The predicted molar refractivity (Wildman–Crippen MR) is 119 cm³/mol. The second kappa shape index (κ2) is 8.89. The molecule has 7 atom stereocenters. The Morgan fingerprint density at radius 1 is 1.26 bits per heavy atom. The maximum absolute atomic E-state index is 12.9. The normalized spacial score (nSPS) is 36.2. The van der Waals surface area contributed by atoms with Gasteiger partial charge in [0.05, 0.1) is 6.10 Å². The molecule has 0 saturated heterocycles. The third kappa shape index (κ3) is 4.64. The van der Waals surface area contributed by atoms with Gasteiger partial charge >= 0.3 is 0 Å². The first-order chi connectivity index (χ1) is 14.8. The molecule has 3 N–H and O–H groups in total. The number of hydrogen-bond donors (Lipinski definition) is 3. The molecular weight excluding hydrogens is 390 g/mol. The van der Waals surface area contributed by atoms with Gasteiger partial charge in [0, 0.05) is 36.8 Å². The minimum atomic E-state index is -0.534. The van der Waals surface area contributed by atoms with E-state index in [1.165, 1.54) is 0 Å². The Bertz CT molecular complexity index is 796. The van der Waals surface area contributed by atoms with Crippen molar-refractivity contribution in [3.8, 4) is 0 Å². The van der Waals surface area contributed by atoms with Gasteiger partial charge in [0.25, 0.3) is 0 Å². The molecule has 0 bridgehead atoms. The molecule has 3 saturated carbocycles. The van der Waals surface area contributed by atoms with Crippen LogP contribution in [0, 0.1) is 35.0 Å². The lowest BCUT2D eigenvalue weighted by molar-refractivity contribution is -0.144. The van der Waals surface area contributed by atoms with E-state index in [4.69, 9.17) is 0 Å². The predicted octanol–water partition coefficient (Wildman–Crippen LogP) is 3.05. The summed E-state index contributed by atoms with van der Waals surface area (Å²) in [6, 6.07) is 3.92. The van der Waals surface area contributed by atoms with E-state index >= 15 is 0 Å². The molecule has 3 fully saturated rings. The van der Waals surface area contributed by atoms with Crippen molar-refractivity contribution in [1.82, 2.24) is 15.6 Å². The smallest absolute Gasteiger partial charge is 0.223 e. The summed E-state index contributed by atoms with van der Waals surface area (Å²) in [6.45, 7) is 6.86. The van der Waals surface area contributed by atoms with Crippen LogP contribution >= 0.6 is 0 Å². The minimum absolute atomic E-state index is 0.0152. The maximum Gasteiger partial charge on any atom is 0.223 e. The molecule has 170 valence electrons. The van der Waals surface area contributed by atoms with Crippen molar-refractivity contribution in [3.05, 3.63) is 30.1 Å². The minimum Gasteiger partial charge on any atom is -0.392 e. The van der Waals surface area contributed by atoms with Gasteiger partial charge in [0.2, 0.25) is 11.8 Å². The van der Waals surface area contributed by atoms with E-state index in [0.717, 1.165) is 44.1 Å². The van der Waals surface area contributed by atoms with Crippen molar-refractivity contribution >= 4 is 11.8 Å².